The molecule has 1 aromatic heterocycles. The Bertz CT molecular complexity index is 1430. The third kappa shape index (κ3) is 5.24. The van der Waals surface area contributed by atoms with E-state index in [0.717, 1.165) is 38.9 Å². The number of rotatable bonds is 6. The molecule has 6 heteroatoms. The second-order valence-corrected chi connectivity index (χ2v) is 9.41. The molecule has 0 N–H and O–H groups in total. The van der Waals surface area contributed by atoms with Crippen LogP contribution < -0.4 is 9.64 Å². The van der Waals surface area contributed by atoms with E-state index >= 15 is 0 Å². The number of fused-ring (bicyclic) bond motifs is 1. The zero-order valence-corrected chi connectivity index (χ0v) is 21.5. The molecule has 1 aliphatic rings. The number of hydrogen-bond donors (Lipinski definition) is 0. The van der Waals surface area contributed by atoms with E-state index in [9.17, 15) is 9.18 Å². The highest BCUT2D eigenvalue weighted by atomic mass is 19.1. The van der Waals surface area contributed by atoms with Gasteiger partial charge < -0.3 is 19.0 Å². The van der Waals surface area contributed by atoms with Crippen LogP contribution in [0.25, 0.3) is 27.7 Å². The zero-order valence-electron chi connectivity index (χ0n) is 21.5. The lowest BCUT2D eigenvalue weighted by atomic mass is 9.98. The average molecular weight is 499 g/mol. The minimum atomic E-state index is -0.246. The Kier molecular flexibility index (Phi) is 6.99. The van der Waals surface area contributed by atoms with Gasteiger partial charge in [-0.2, -0.15) is 0 Å². The Labute approximate surface area is 216 Å². The first-order valence-electron chi connectivity index (χ1n) is 12.7. The van der Waals surface area contributed by atoms with E-state index in [-0.39, 0.29) is 11.7 Å². The van der Waals surface area contributed by atoms with Gasteiger partial charge in [-0.25, -0.2) is 4.39 Å². The summed E-state index contributed by atoms with van der Waals surface area (Å²) in [6.45, 7) is 9.09. The lowest BCUT2D eigenvalue weighted by Crippen LogP contribution is -2.48. The predicted molar refractivity (Wildman–Crippen MR) is 146 cm³/mol. The van der Waals surface area contributed by atoms with Crippen LogP contribution in [0.15, 0.2) is 77.4 Å². The quantitative estimate of drug-likeness (QED) is 0.278. The Morgan fingerprint density at radius 3 is 2.41 bits per heavy atom. The molecule has 0 radical (unpaired) electrons. The second kappa shape index (κ2) is 10.5. The fourth-order valence-corrected chi connectivity index (χ4v) is 4.79. The first kappa shape index (κ1) is 24.6. The number of aryl methyl sites for hydroxylation is 1. The minimum Gasteiger partial charge on any atom is -0.493 e. The van der Waals surface area contributed by atoms with Crippen LogP contribution in [0.2, 0.25) is 0 Å². The second-order valence-electron chi connectivity index (χ2n) is 9.41. The molecule has 0 atom stereocenters. The number of anilines is 1. The van der Waals surface area contributed by atoms with Crippen LogP contribution in [-0.2, 0) is 4.79 Å². The van der Waals surface area contributed by atoms with Gasteiger partial charge in [0.1, 0.15) is 17.1 Å². The fourth-order valence-electron chi connectivity index (χ4n) is 4.79. The molecule has 1 amide bonds. The summed E-state index contributed by atoms with van der Waals surface area (Å²) in [7, 11) is 0. The standard InChI is InChI=1S/C31H31FN2O3/c1-4-36-29-19-30-27(28(20-37-30)23-7-5-21(2)6-8-23)18-26(29)22(3)17-31(35)34-15-13-33(14-16-34)25-11-9-24(32)10-12-25/h5-12,17-20H,4,13-16H2,1-3H3/b22-17+. The van der Waals surface area contributed by atoms with Gasteiger partial charge in [-0.3, -0.25) is 4.79 Å². The van der Waals surface area contributed by atoms with E-state index < -0.39 is 0 Å². The van der Waals surface area contributed by atoms with Crippen molar-refractivity contribution >= 4 is 28.1 Å². The number of carbonyl (C=O) groups is 1. The van der Waals surface area contributed by atoms with Crippen molar-refractivity contribution in [2.45, 2.75) is 20.8 Å². The summed E-state index contributed by atoms with van der Waals surface area (Å²) in [5, 5.41) is 0.982. The number of carbonyl (C=O) groups excluding carboxylic acids is 1. The van der Waals surface area contributed by atoms with Crippen LogP contribution in [0.3, 0.4) is 0 Å². The van der Waals surface area contributed by atoms with Crippen LogP contribution in [0.5, 0.6) is 5.75 Å². The molecular formula is C31H31FN2O3. The lowest BCUT2D eigenvalue weighted by molar-refractivity contribution is -0.126. The summed E-state index contributed by atoms with van der Waals surface area (Å²) < 4.78 is 25.1. The van der Waals surface area contributed by atoms with Gasteiger partial charge in [0.25, 0.3) is 0 Å². The van der Waals surface area contributed by atoms with Crippen molar-refractivity contribution in [3.05, 3.63) is 89.9 Å². The van der Waals surface area contributed by atoms with Gasteiger partial charge in [0, 0.05) is 60.5 Å². The van der Waals surface area contributed by atoms with Crippen molar-refractivity contribution in [1.29, 1.82) is 0 Å². The van der Waals surface area contributed by atoms with Crippen molar-refractivity contribution < 1.29 is 18.3 Å². The molecule has 2 heterocycles. The maximum Gasteiger partial charge on any atom is 0.246 e. The maximum absolute atomic E-state index is 13.3. The molecule has 0 spiro atoms. The Hall–Kier alpha value is -4.06. The van der Waals surface area contributed by atoms with E-state index in [1.165, 1.54) is 17.7 Å². The normalized spacial score (nSPS) is 14.3. The number of nitrogens with zero attached hydrogens (tertiary/aromatic N) is 2. The summed E-state index contributed by atoms with van der Waals surface area (Å²) in [6.07, 6.45) is 3.47. The van der Waals surface area contributed by atoms with Gasteiger partial charge in [-0.1, -0.05) is 29.8 Å². The van der Waals surface area contributed by atoms with Gasteiger partial charge in [0.2, 0.25) is 5.91 Å². The first-order valence-corrected chi connectivity index (χ1v) is 12.7. The molecule has 5 rings (SSSR count). The summed E-state index contributed by atoms with van der Waals surface area (Å²) in [5.41, 5.74) is 6.73. The molecule has 0 unspecified atom stereocenters. The van der Waals surface area contributed by atoms with Crippen molar-refractivity contribution in [3.63, 3.8) is 0 Å². The van der Waals surface area contributed by atoms with Gasteiger partial charge >= 0.3 is 0 Å². The minimum absolute atomic E-state index is 0.0234. The average Bonchev–Trinajstić information content (AvgIpc) is 3.32. The van der Waals surface area contributed by atoms with Crippen molar-refractivity contribution in [1.82, 2.24) is 4.90 Å². The number of furan rings is 1. The van der Waals surface area contributed by atoms with E-state index in [4.69, 9.17) is 9.15 Å². The molecule has 37 heavy (non-hydrogen) atoms. The third-order valence-corrected chi connectivity index (χ3v) is 6.89. The molecule has 0 saturated carbocycles. The van der Waals surface area contributed by atoms with Crippen molar-refractivity contribution in [2.24, 2.45) is 0 Å². The molecule has 3 aromatic carbocycles. The Balaban J connectivity index is 1.38. The zero-order chi connectivity index (χ0) is 25.9. The molecule has 1 saturated heterocycles. The van der Waals surface area contributed by atoms with E-state index in [1.807, 2.05) is 24.8 Å². The number of ether oxygens (including phenoxy) is 1. The van der Waals surface area contributed by atoms with Gasteiger partial charge in [0.15, 0.2) is 0 Å². The fraction of sp³-hybridized carbons (Fsp3) is 0.258. The van der Waals surface area contributed by atoms with Crippen LogP contribution in [0, 0.1) is 12.7 Å². The molecular weight excluding hydrogens is 467 g/mol. The van der Waals surface area contributed by atoms with Gasteiger partial charge in [-0.15, -0.1) is 0 Å². The molecule has 4 aromatic rings. The highest BCUT2D eigenvalue weighted by molar-refractivity contribution is 6.00. The summed E-state index contributed by atoms with van der Waals surface area (Å²) in [4.78, 5) is 17.2. The first-order chi connectivity index (χ1) is 17.9. The molecule has 1 fully saturated rings. The highest BCUT2D eigenvalue weighted by Gasteiger charge is 2.21. The van der Waals surface area contributed by atoms with E-state index in [1.54, 1.807) is 24.5 Å². The number of piperazine rings is 1. The highest BCUT2D eigenvalue weighted by Crippen LogP contribution is 2.37. The molecule has 1 aliphatic heterocycles. The number of amides is 1. The van der Waals surface area contributed by atoms with E-state index in [0.29, 0.717) is 38.5 Å². The smallest absolute Gasteiger partial charge is 0.246 e. The number of hydrogen-bond acceptors (Lipinski definition) is 4. The summed E-state index contributed by atoms with van der Waals surface area (Å²) >= 11 is 0. The largest absolute Gasteiger partial charge is 0.493 e. The Morgan fingerprint density at radius 2 is 1.73 bits per heavy atom. The summed E-state index contributed by atoms with van der Waals surface area (Å²) in [6, 6.07) is 18.8. The van der Waals surface area contributed by atoms with Gasteiger partial charge in [0.05, 0.1) is 12.9 Å². The Morgan fingerprint density at radius 1 is 1.03 bits per heavy atom. The maximum atomic E-state index is 13.3. The van der Waals surface area contributed by atoms with Crippen LogP contribution >= 0.6 is 0 Å². The molecule has 0 aliphatic carbocycles. The number of benzene rings is 3. The topological polar surface area (TPSA) is 45.9 Å². The van der Waals surface area contributed by atoms with Gasteiger partial charge in [-0.05, 0) is 62.2 Å². The molecule has 0 bridgehead atoms. The predicted octanol–water partition coefficient (Wildman–Crippen LogP) is 6.70. The number of allylic oxidation sites excluding steroid dienone is 1. The SMILES string of the molecule is CCOc1cc2occ(-c3ccc(C)cc3)c2cc1/C(C)=C/C(=O)N1CCN(c2ccc(F)cc2)CC1. The lowest BCUT2D eigenvalue weighted by Gasteiger charge is -2.35. The monoisotopic (exact) mass is 498 g/mol. The molecule has 5 nitrogen and oxygen atoms in total. The van der Waals surface area contributed by atoms with Crippen molar-refractivity contribution in [3.8, 4) is 16.9 Å². The third-order valence-electron chi connectivity index (χ3n) is 6.89. The summed E-state index contributed by atoms with van der Waals surface area (Å²) in [5.74, 6) is 0.427. The van der Waals surface area contributed by atoms with Crippen LogP contribution in [0.4, 0.5) is 10.1 Å². The van der Waals surface area contributed by atoms with E-state index in [2.05, 4.69) is 42.2 Å². The van der Waals surface area contributed by atoms with Crippen LogP contribution in [0.1, 0.15) is 25.0 Å². The molecule has 190 valence electrons. The van der Waals surface area contributed by atoms with Crippen molar-refractivity contribution in [2.75, 3.05) is 37.7 Å². The van der Waals surface area contributed by atoms with Crippen LogP contribution in [-0.4, -0.2) is 43.6 Å². The number of halogens is 1.